The van der Waals surface area contributed by atoms with Crippen LogP contribution in [0.2, 0.25) is 25.7 Å². The third kappa shape index (κ3) is 9.00. The normalized spacial score (nSPS) is 14.8. The number of aryl methyl sites for hydroxylation is 1. The summed E-state index contributed by atoms with van der Waals surface area (Å²) >= 11 is 0. The number of ether oxygens (including phenoxy) is 2. The van der Waals surface area contributed by atoms with E-state index in [2.05, 4.69) is 42.2 Å². The maximum atomic E-state index is 13.5. The van der Waals surface area contributed by atoms with E-state index in [9.17, 15) is 9.59 Å². The lowest BCUT2D eigenvalue weighted by molar-refractivity contribution is -0.119. The average molecular weight is 592 g/mol. The highest BCUT2D eigenvalue weighted by atomic mass is 28.3. The van der Waals surface area contributed by atoms with Gasteiger partial charge in [-0.05, 0) is 62.4 Å². The second-order valence-corrected chi connectivity index (χ2v) is 18.0. The standard InChI is InChI=1S/C32H45N5O4Si/c1-23-29(24(2)37(36-23)22-40-18-19-42(3,4)5)26-13-15-28(16-14-26)34-31(38)30(27-11-7-6-8-12-27)35-32(39)41-21-25-10-9-17-33-20-25/h9-10,13-17,20,27,30H,6-8,11-12,18-19,21-22H2,1-5H3,(H,34,38)(H,35,39). The fourth-order valence-corrected chi connectivity index (χ4v) is 6.13. The lowest BCUT2D eigenvalue weighted by atomic mass is 9.83. The number of hydrogen-bond donors (Lipinski definition) is 2. The molecule has 42 heavy (non-hydrogen) atoms. The maximum Gasteiger partial charge on any atom is 0.408 e. The maximum absolute atomic E-state index is 13.5. The molecule has 0 bridgehead atoms. The van der Waals surface area contributed by atoms with Gasteiger partial charge in [0.15, 0.2) is 0 Å². The molecule has 1 aliphatic carbocycles. The number of benzene rings is 1. The van der Waals surface area contributed by atoms with Gasteiger partial charge in [0.2, 0.25) is 5.91 Å². The van der Waals surface area contributed by atoms with Crippen molar-refractivity contribution in [3.05, 3.63) is 65.7 Å². The van der Waals surface area contributed by atoms with E-state index in [-0.39, 0.29) is 18.4 Å². The van der Waals surface area contributed by atoms with E-state index in [1.165, 1.54) is 0 Å². The molecule has 2 heterocycles. The van der Waals surface area contributed by atoms with Crippen LogP contribution in [0.4, 0.5) is 10.5 Å². The van der Waals surface area contributed by atoms with Crippen LogP contribution in [0.3, 0.4) is 0 Å². The third-order valence-electron chi connectivity index (χ3n) is 7.80. The first-order chi connectivity index (χ1) is 20.1. The van der Waals surface area contributed by atoms with Gasteiger partial charge in [0.05, 0.1) is 5.69 Å². The summed E-state index contributed by atoms with van der Waals surface area (Å²) in [6, 6.07) is 11.9. The third-order valence-corrected chi connectivity index (χ3v) is 9.51. The van der Waals surface area contributed by atoms with Gasteiger partial charge in [-0.2, -0.15) is 5.10 Å². The lowest BCUT2D eigenvalue weighted by Gasteiger charge is -2.29. The number of anilines is 1. The molecular formula is C32H45N5O4Si. The van der Waals surface area contributed by atoms with Crippen molar-refractivity contribution < 1.29 is 19.1 Å². The van der Waals surface area contributed by atoms with Gasteiger partial charge in [-0.25, -0.2) is 9.48 Å². The average Bonchev–Trinajstić information content (AvgIpc) is 3.26. The van der Waals surface area contributed by atoms with Crippen LogP contribution in [0, 0.1) is 19.8 Å². The number of nitrogens with zero attached hydrogens (tertiary/aromatic N) is 3. The van der Waals surface area contributed by atoms with Crippen molar-refractivity contribution in [2.24, 2.45) is 5.92 Å². The quantitative estimate of drug-likeness (QED) is 0.180. The van der Waals surface area contributed by atoms with E-state index in [1.54, 1.807) is 18.5 Å². The molecule has 0 aliphatic heterocycles. The first-order valence-corrected chi connectivity index (χ1v) is 18.7. The summed E-state index contributed by atoms with van der Waals surface area (Å²) in [7, 11) is -1.14. The van der Waals surface area contributed by atoms with Crippen LogP contribution in [-0.2, 0) is 27.6 Å². The van der Waals surface area contributed by atoms with Crippen molar-refractivity contribution in [3.8, 4) is 11.1 Å². The summed E-state index contributed by atoms with van der Waals surface area (Å²) in [4.78, 5) is 30.2. The van der Waals surface area contributed by atoms with Crippen molar-refractivity contribution >= 4 is 25.8 Å². The lowest BCUT2D eigenvalue weighted by Crippen LogP contribution is -2.49. The molecule has 4 rings (SSSR count). The van der Waals surface area contributed by atoms with Crippen molar-refractivity contribution in [3.63, 3.8) is 0 Å². The number of alkyl carbamates (subject to hydrolysis) is 1. The first-order valence-electron chi connectivity index (χ1n) is 15.0. The van der Waals surface area contributed by atoms with E-state index in [1.807, 2.05) is 41.9 Å². The minimum atomic E-state index is -1.14. The Morgan fingerprint density at radius 2 is 1.81 bits per heavy atom. The highest BCUT2D eigenvalue weighted by Crippen LogP contribution is 2.30. The zero-order valence-corrected chi connectivity index (χ0v) is 26.6. The van der Waals surface area contributed by atoms with Crippen LogP contribution in [-0.4, -0.2) is 47.5 Å². The van der Waals surface area contributed by atoms with Crippen molar-refractivity contribution in [1.82, 2.24) is 20.1 Å². The SMILES string of the molecule is Cc1nn(COCC[Si](C)(C)C)c(C)c1-c1ccc(NC(=O)C(NC(=O)OCc2cccnc2)C2CCCCC2)cc1. The monoisotopic (exact) mass is 591 g/mol. The molecule has 10 heteroatoms. The van der Waals surface area contributed by atoms with E-state index in [4.69, 9.17) is 14.6 Å². The Balaban J connectivity index is 1.39. The molecule has 2 N–H and O–H groups in total. The number of aromatic nitrogens is 3. The molecule has 1 atom stereocenters. The van der Waals surface area contributed by atoms with Gasteiger partial charge in [0.25, 0.3) is 0 Å². The second kappa shape index (κ2) is 14.6. The number of nitrogens with one attached hydrogen (secondary N) is 2. The zero-order chi connectivity index (χ0) is 30.1. The molecule has 1 aromatic carbocycles. The van der Waals surface area contributed by atoms with Crippen LogP contribution >= 0.6 is 0 Å². The van der Waals surface area contributed by atoms with Crippen LogP contribution in [0.15, 0.2) is 48.8 Å². The van der Waals surface area contributed by atoms with E-state index >= 15 is 0 Å². The predicted molar refractivity (Wildman–Crippen MR) is 168 cm³/mol. The summed E-state index contributed by atoms with van der Waals surface area (Å²) < 4.78 is 13.2. The van der Waals surface area contributed by atoms with Gasteiger partial charge in [0, 0.05) is 49.6 Å². The minimum absolute atomic E-state index is 0.0630. The molecule has 2 amide bonds. The van der Waals surface area contributed by atoms with Crippen molar-refractivity contribution in [1.29, 1.82) is 0 Å². The smallest absolute Gasteiger partial charge is 0.408 e. The second-order valence-electron chi connectivity index (χ2n) is 12.4. The predicted octanol–water partition coefficient (Wildman–Crippen LogP) is 6.69. The molecule has 1 fully saturated rings. The van der Waals surface area contributed by atoms with Gasteiger partial charge in [-0.15, -0.1) is 0 Å². The molecule has 3 aromatic rings. The molecule has 1 unspecified atom stereocenters. The number of pyridine rings is 1. The molecular weight excluding hydrogens is 546 g/mol. The molecule has 0 radical (unpaired) electrons. The topological polar surface area (TPSA) is 107 Å². The Morgan fingerprint density at radius 1 is 1.07 bits per heavy atom. The number of amides is 2. The summed E-state index contributed by atoms with van der Waals surface area (Å²) in [5, 5.41) is 10.6. The van der Waals surface area contributed by atoms with Crippen LogP contribution < -0.4 is 10.6 Å². The van der Waals surface area contributed by atoms with Gasteiger partial charge in [-0.1, -0.05) is 57.1 Å². The van der Waals surface area contributed by atoms with Crippen LogP contribution in [0.25, 0.3) is 11.1 Å². The number of rotatable bonds is 12. The number of hydrogen-bond acceptors (Lipinski definition) is 6. The molecule has 226 valence electrons. The van der Waals surface area contributed by atoms with Crippen molar-refractivity contribution in [2.45, 2.75) is 91.0 Å². The summed E-state index contributed by atoms with van der Waals surface area (Å²) in [5.74, 6) is -0.170. The number of carbonyl (C=O) groups is 2. The largest absolute Gasteiger partial charge is 0.445 e. The van der Waals surface area contributed by atoms with E-state index in [0.717, 1.165) is 72.8 Å². The van der Waals surface area contributed by atoms with Crippen molar-refractivity contribution in [2.75, 3.05) is 11.9 Å². The summed E-state index contributed by atoms with van der Waals surface area (Å²) in [5.41, 5.74) is 5.54. The highest BCUT2D eigenvalue weighted by Gasteiger charge is 2.31. The highest BCUT2D eigenvalue weighted by molar-refractivity contribution is 6.76. The van der Waals surface area contributed by atoms with Crippen LogP contribution in [0.5, 0.6) is 0 Å². The van der Waals surface area contributed by atoms with Gasteiger partial charge in [-0.3, -0.25) is 9.78 Å². The molecule has 1 saturated carbocycles. The fourth-order valence-electron chi connectivity index (χ4n) is 5.38. The Morgan fingerprint density at radius 3 is 2.48 bits per heavy atom. The summed E-state index contributed by atoms with van der Waals surface area (Å²) in [6.07, 6.45) is 7.75. The molecule has 9 nitrogen and oxygen atoms in total. The molecule has 0 saturated heterocycles. The Hall–Kier alpha value is -3.50. The zero-order valence-electron chi connectivity index (χ0n) is 25.6. The fraction of sp³-hybridized carbons (Fsp3) is 0.500. The van der Waals surface area contributed by atoms with E-state index < -0.39 is 20.2 Å². The molecule has 0 spiro atoms. The number of carbonyl (C=O) groups excluding carboxylic acids is 2. The van der Waals surface area contributed by atoms with Gasteiger partial charge in [0.1, 0.15) is 19.4 Å². The molecule has 1 aliphatic rings. The Kier molecular flexibility index (Phi) is 10.9. The van der Waals surface area contributed by atoms with Crippen LogP contribution in [0.1, 0.15) is 49.1 Å². The van der Waals surface area contributed by atoms with E-state index in [0.29, 0.717) is 12.4 Å². The molecule has 2 aromatic heterocycles. The Labute approximate surface area is 250 Å². The first kappa shape index (κ1) is 31.4. The minimum Gasteiger partial charge on any atom is -0.445 e. The van der Waals surface area contributed by atoms with Gasteiger partial charge >= 0.3 is 6.09 Å². The summed E-state index contributed by atoms with van der Waals surface area (Å²) in [6.45, 7) is 12.4. The van der Waals surface area contributed by atoms with Gasteiger partial charge < -0.3 is 20.1 Å². The Bertz CT molecular complexity index is 1320.